The minimum atomic E-state index is -0.151. The van der Waals surface area contributed by atoms with Gasteiger partial charge in [-0.15, -0.1) is 0 Å². The van der Waals surface area contributed by atoms with Crippen molar-refractivity contribution in [3.8, 4) is 0 Å². The van der Waals surface area contributed by atoms with Gasteiger partial charge in [0.1, 0.15) is 5.82 Å². The van der Waals surface area contributed by atoms with Crippen molar-refractivity contribution in [1.29, 1.82) is 0 Å². The summed E-state index contributed by atoms with van der Waals surface area (Å²) in [6.45, 7) is 3.80. The molecule has 1 nitrogen and oxygen atoms in total. The van der Waals surface area contributed by atoms with Gasteiger partial charge in [0.2, 0.25) is 0 Å². The van der Waals surface area contributed by atoms with Gasteiger partial charge in [0.05, 0.1) is 0 Å². The van der Waals surface area contributed by atoms with Crippen molar-refractivity contribution < 1.29 is 4.39 Å². The van der Waals surface area contributed by atoms with Gasteiger partial charge in [-0.2, -0.15) is 0 Å². The maximum absolute atomic E-state index is 13.1. The Morgan fingerprint density at radius 2 is 1.90 bits per heavy atom. The van der Waals surface area contributed by atoms with Crippen molar-refractivity contribution >= 4 is 0 Å². The first-order valence-corrected chi connectivity index (χ1v) is 7.79. The molecule has 0 aliphatic heterocycles. The van der Waals surface area contributed by atoms with Crippen LogP contribution in [0.2, 0.25) is 0 Å². The molecule has 1 aliphatic carbocycles. The summed E-state index contributed by atoms with van der Waals surface area (Å²) in [6.07, 6.45) is 4.72. The number of fused-ring (bicyclic) bond motifs is 1. The van der Waals surface area contributed by atoms with Crippen LogP contribution < -0.4 is 5.32 Å². The fourth-order valence-electron chi connectivity index (χ4n) is 3.13. The summed E-state index contributed by atoms with van der Waals surface area (Å²) in [4.78, 5) is 0. The highest BCUT2D eigenvalue weighted by atomic mass is 19.1. The molecule has 0 atom stereocenters. The lowest BCUT2D eigenvalue weighted by atomic mass is 10.1. The van der Waals surface area contributed by atoms with Crippen LogP contribution in [-0.4, -0.2) is 6.54 Å². The first kappa shape index (κ1) is 14.3. The van der Waals surface area contributed by atoms with Crippen molar-refractivity contribution in [1.82, 2.24) is 5.32 Å². The SMILES string of the molecule is Cc1cc(F)ccc1CCNCc1ccc2c(c1)CCC2. The lowest BCUT2D eigenvalue weighted by molar-refractivity contribution is 0.624. The van der Waals surface area contributed by atoms with Crippen LogP contribution in [0.4, 0.5) is 4.39 Å². The predicted molar refractivity (Wildman–Crippen MR) is 85.0 cm³/mol. The predicted octanol–water partition coefficient (Wildman–Crippen LogP) is 3.96. The molecule has 2 aromatic rings. The molecule has 21 heavy (non-hydrogen) atoms. The molecule has 0 radical (unpaired) electrons. The van der Waals surface area contributed by atoms with Crippen molar-refractivity contribution in [3.63, 3.8) is 0 Å². The quantitative estimate of drug-likeness (QED) is 0.819. The Morgan fingerprint density at radius 1 is 1.05 bits per heavy atom. The van der Waals surface area contributed by atoms with Crippen LogP contribution in [0.1, 0.15) is 34.2 Å². The van der Waals surface area contributed by atoms with Crippen molar-refractivity contribution in [3.05, 3.63) is 70.0 Å². The number of benzene rings is 2. The van der Waals surface area contributed by atoms with Crippen LogP contribution in [0.25, 0.3) is 0 Å². The lowest BCUT2D eigenvalue weighted by Gasteiger charge is -2.09. The molecule has 1 N–H and O–H groups in total. The van der Waals surface area contributed by atoms with E-state index in [-0.39, 0.29) is 5.82 Å². The van der Waals surface area contributed by atoms with Gasteiger partial charge in [-0.25, -0.2) is 4.39 Å². The Balaban J connectivity index is 1.50. The topological polar surface area (TPSA) is 12.0 Å². The van der Waals surface area contributed by atoms with Gasteiger partial charge in [-0.05, 0) is 79.1 Å². The van der Waals surface area contributed by atoms with E-state index in [0.29, 0.717) is 0 Å². The maximum Gasteiger partial charge on any atom is 0.123 e. The molecule has 0 aromatic heterocycles. The molecule has 0 fully saturated rings. The zero-order chi connectivity index (χ0) is 14.7. The van der Waals surface area contributed by atoms with Gasteiger partial charge in [0.25, 0.3) is 0 Å². The third kappa shape index (κ3) is 3.51. The smallest absolute Gasteiger partial charge is 0.123 e. The van der Waals surface area contributed by atoms with Crippen LogP contribution in [0.15, 0.2) is 36.4 Å². The summed E-state index contributed by atoms with van der Waals surface area (Å²) >= 11 is 0. The van der Waals surface area contributed by atoms with Crippen LogP contribution in [0.3, 0.4) is 0 Å². The third-order valence-corrected chi connectivity index (χ3v) is 4.37. The largest absolute Gasteiger partial charge is 0.312 e. The standard InChI is InChI=1S/C19H22FN/c1-14-11-19(20)8-7-16(14)9-10-21-13-15-5-6-17-3-2-4-18(17)12-15/h5-8,11-12,21H,2-4,9-10,13H2,1H3. The van der Waals surface area contributed by atoms with Gasteiger partial charge in [0, 0.05) is 6.54 Å². The summed E-state index contributed by atoms with van der Waals surface area (Å²) in [6, 6.07) is 11.9. The fraction of sp³-hybridized carbons (Fsp3) is 0.368. The number of aryl methyl sites for hydroxylation is 3. The molecule has 0 heterocycles. The normalized spacial score (nSPS) is 13.4. The van der Waals surface area contributed by atoms with Crippen molar-refractivity contribution in [2.45, 2.75) is 39.2 Å². The monoisotopic (exact) mass is 283 g/mol. The van der Waals surface area contributed by atoms with Crippen LogP contribution in [0, 0.1) is 12.7 Å². The van der Waals surface area contributed by atoms with Crippen LogP contribution >= 0.6 is 0 Å². The molecule has 1 aliphatic rings. The summed E-state index contributed by atoms with van der Waals surface area (Å²) in [5.74, 6) is -0.151. The van der Waals surface area contributed by atoms with E-state index in [9.17, 15) is 4.39 Å². The third-order valence-electron chi connectivity index (χ3n) is 4.37. The molecule has 0 saturated carbocycles. The van der Waals surface area contributed by atoms with E-state index in [1.807, 2.05) is 13.0 Å². The zero-order valence-corrected chi connectivity index (χ0v) is 12.6. The van der Waals surface area contributed by atoms with E-state index in [2.05, 4.69) is 23.5 Å². The van der Waals surface area contributed by atoms with E-state index in [0.717, 1.165) is 25.1 Å². The summed E-state index contributed by atoms with van der Waals surface area (Å²) in [5.41, 5.74) is 6.68. The maximum atomic E-state index is 13.1. The highest BCUT2D eigenvalue weighted by Crippen LogP contribution is 2.22. The molecule has 0 bridgehead atoms. The molecule has 0 unspecified atom stereocenters. The second-order valence-corrected chi connectivity index (χ2v) is 5.95. The Labute approximate surface area is 126 Å². The second kappa shape index (κ2) is 6.40. The van der Waals surface area contributed by atoms with Gasteiger partial charge < -0.3 is 5.32 Å². The second-order valence-electron chi connectivity index (χ2n) is 5.95. The van der Waals surface area contributed by atoms with E-state index >= 15 is 0 Å². The lowest BCUT2D eigenvalue weighted by Crippen LogP contribution is -2.17. The Bertz CT molecular complexity index is 633. The van der Waals surface area contributed by atoms with Crippen molar-refractivity contribution in [2.75, 3.05) is 6.54 Å². The zero-order valence-electron chi connectivity index (χ0n) is 12.6. The van der Waals surface area contributed by atoms with Crippen LogP contribution in [-0.2, 0) is 25.8 Å². The molecule has 110 valence electrons. The highest BCUT2D eigenvalue weighted by Gasteiger charge is 2.10. The summed E-state index contributed by atoms with van der Waals surface area (Å²) < 4.78 is 13.1. The number of nitrogens with one attached hydrogen (secondary N) is 1. The Kier molecular flexibility index (Phi) is 4.35. The van der Waals surface area contributed by atoms with E-state index in [4.69, 9.17) is 0 Å². The number of hydrogen-bond donors (Lipinski definition) is 1. The minimum Gasteiger partial charge on any atom is -0.312 e. The molecule has 3 rings (SSSR count). The van der Waals surface area contributed by atoms with Crippen molar-refractivity contribution in [2.24, 2.45) is 0 Å². The van der Waals surface area contributed by atoms with Crippen LogP contribution in [0.5, 0.6) is 0 Å². The molecule has 0 amide bonds. The molecular weight excluding hydrogens is 261 g/mol. The van der Waals surface area contributed by atoms with E-state index < -0.39 is 0 Å². The average molecular weight is 283 g/mol. The Morgan fingerprint density at radius 3 is 2.76 bits per heavy atom. The number of rotatable bonds is 5. The summed E-state index contributed by atoms with van der Waals surface area (Å²) in [7, 11) is 0. The minimum absolute atomic E-state index is 0.151. The molecule has 0 saturated heterocycles. The number of halogens is 1. The fourth-order valence-corrected chi connectivity index (χ4v) is 3.13. The first-order chi connectivity index (χ1) is 10.2. The summed E-state index contributed by atoms with van der Waals surface area (Å²) in [5, 5.41) is 3.49. The Hall–Kier alpha value is -1.67. The van der Waals surface area contributed by atoms with E-state index in [1.165, 1.54) is 41.5 Å². The number of hydrogen-bond acceptors (Lipinski definition) is 1. The molecule has 2 aromatic carbocycles. The van der Waals surface area contributed by atoms with Gasteiger partial charge in [-0.1, -0.05) is 24.3 Å². The average Bonchev–Trinajstić information content (AvgIpc) is 2.93. The molecule has 0 spiro atoms. The van der Waals surface area contributed by atoms with Gasteiger partial charge in [0.15, 0.2) is 0 Å². The van der Waals surface area contributed by atoms with E-state index in [1.54, 1.807) is 12.1 Å². The van der Waals surface area contributed by atoms with Gasteiger partial charge in [-0.3, -0.25) is 0 Å². The first-order valence-electron chi connectivity index (χ1n) is 7.79. The van der Waals surface area contributed by atoms with Gasteiger partial charge >= 0.3 is 0 Å². The highest BCUT2D eigenvalue weighted by molar-refractivity contribution is 5.35. The molecular formula is C19H22FN. The molecule has 2 heteroatoms.